The minimum atomic E-state index is -0.534. The minimum Gasteiger partial charge on any atom is -0.494 e. The number of nitrogens with one attached hydrogen (secondary N) is 1. The fourth-order valence-corrected chi connectivity index (χ4v) is 3.24. The number of amides is 2. The van der Waals surface area contributed by atoms with Crippen molar-refractivity contribution >= 4 is 27.7 Å². The van der Waals surface area contributed by atoms with Crippen molar-refractivity contribution in [2.75, 3.05) is 13.2 Å². The molecule has 1 atom stereocenters. The van der Waals surface area contributed by atoms with E-state index in [1.54, 1.807) is 11.8 Å². The van der Waals surface area contributed by atoms with Gasteiger partial charge >= 0.3 is 0 Å². The standard InChI is InChI=1S/C24H31BrN2O3/c1-3-4-16-26-24(29)19(2)27(18-20-12-14-21(25)15-13-20)23(28)11-8-17-30-22-9-6-5-7-10-22/h5-7,9-10,12-15,19H,3-4,8,11,16-18H2,1-2H3,(H,26,29)/t19-/m1/s1. The minimum absolute atomic E-state index is 0.0484. The number of unbranched alkanes of at least 4 members (excludes halogenated alkanes) is 1. The predicted molar refractivity (Wildman–Crippen MR) is 123 cm³/mol. The molecule has 0 bridgehead atoms. The molecule has 1 N–H and O–H groups in total. The van der Waals surface area contributed by atoms with E-state index >= 15 is 0 Å². The molecule has 0 aliphatic heterocycles. The van der Waals surface area contributed by atoms with Gasteiger partial charge in [0.05, 0.1) is 6.61 Å². The molecule has 5 nitrogen and oxygen atoms in total. The van der Waals surface area contributed by atoms with Crippen molar-refractivity contribution in [3.63, 3.8) is 0 Å². The Morgan fingerprint density at radius 3 is 2.43 bits per heavy atom. The topological polar surface area (TPSA) is 58.6 Å². The van der Waals surface area contributed by atoms with Crippen molar-refractivity contribution in [3.05, 3.63) is 64.6 Å². The summed E-state index contributed by atoms with van der Waals surface area (Å²) in [6.07, 6.45) is 2.86. The first-order valence-electron chi connectivity index (χ1n) is 10.5. The Morgan fingerprint density at radius 1 is 1.07 bits per heavy atom. The first kappa shape index (κ1) is 23.9. The third kappa shape index (κ3) is 8.19. The number of para-hydroxylation sites is 1. The fourth-order valence-electron chi connectivity index (χ4n) is 2.98. The second-order valence-electron chi connectivity index (χ2n) is 7.23. The molecule has 0 radical (unpaired) electrons. The molecule has 0 aliphatic carbocycles. The number of rotatable bonds is 12. The van der Waals surface area contributed by atoms with Crippen molar-refractivity contribution in [2.45, 2.75) is 52.1 Å². The number of ether oxygens (including phenoxy) is 1. The van der Waals surface area contributed by atoms with Gasteiger partial charge in [-0.05, 0) is 49.6 Å². The van der Waals surface area contributed by atoms with Crippen LogP contribution in [0.1, 0.15) is 45.1 Å². The molecule has 0 saturated carbocycles. The van der Waals surface area contributed by atoms with Gasteiger partial charge < -0.3 is 15.0 Å². The molecular formula is C24H31BrN2O3. The lowest BCUT2D eigenvalue weighted by Crippen LogP contribution is -2.47. The fraction of sp³-hybridized carbons (Fsp3) is 0.417. The van der Waals surface area contributed by atoms with Gasteiger partial charge in [0, 0.05) is 24.0 Å². The highest BCUT2D eigenvalue weighted by Crippen LogP contribution is 2.16. The normalized spacial score (nSPS) is 11.6. The Labute approximate surface area is 187 Å². The first-order valence-corrected chi connectivity index (χ1v) is 11.3. The first-order chi connectivity index (χ1) is 14.5. The van der Waals surface area contributed by atoms with Crippen LogP contribution in [0.2, 0.25) is 0 Å². The summed E-state index contributed by atoms with van der Waals surface area (Å²) in [6.45, 7) is 5.35. The molecule has 162 valence electrons. The van der Waals surface area contributed by atoms with E-state index < -0.39 is 6.04 Å². The highest BCUT2D eigenvalue weighted by Gasteiger charge is 2.25. The maximum atomic E-state index is 13.0. The Hall–Kier alpha value is -2.34. The van der Waals surface area contributed by atoms with Crippen molar-refractivity contribution < 1.29 is 14.3 Å². The zero-order valence-electron chi connectivity index (χ0n) is 17.8. The molecular weight excluding hydrogens is 444 g/mol. The van der Waals surface area contributed by atoms with Gasteiger partial charge in [-0.2, -0.15) is 0 Å². The third-order valence-electron chi connectivity index (χ3n) is 4.81. The molecule has 0 spiro atoms. The Bertz CT molecular complexity index is 781. The van der Waals surface area contributed by atoms with E-state index in [1.807, 2.05) is 54.6 Å². The maximum Gasteiger partial charge on any atom is 0.242 e. The SMILES string of the molecule is CCCCNC(=O)[C@@H](C)N(Cc1ccc(Br)cc1)C(=O)CCCOc1ccccc1. The molecule has 0 heterocycles. The maximum absolute atomic E-state index is 13.0. The summed E-state index contributed by atoms with van der Waals surface area (Å²) in [5.41, 5.74) is 0.986. The molecule has 0 aromatic heterocycles. The van der Waals surface area contributed by atoms with Crippen molar-refractivity contribution in [2.24, 2.45) is 0 Å². The van der Waals surface area contributed by atoms with Crippen molar-refractivity contribution in [1.29, 1.82) is 0 Å². The van der Waals surface area contributed by atoms with Gasteiger partial charge in [0.2, 0.25) is 11.8 Å². The summed E-state index contributed by atoms with van der Waals surface area (Å²) in [5, 5.41) is 2.94. The van der Waals surface area contributed by atoms with Gasteiger partial charge in [-0.3, -0.25) is 9.59 Å². The molecule has 0 aliphatic rings. The van der Waals surface area contributed by atoms with Gasteiger partial charge in [0.15, 0.2) is 0 Å². The number of halogens is 1. The molecule has 2 aromatic rings. The molecule has 2 rings (SSSR count). The largest absolute Gasteiger partial charge is 0.494 e. The number of benzene rings is 2. The lowest BCUT2D eigenvalue weighted by Gasteiger charge is -2.29. The van der Waals surface area contributed by atoms with Crippen LogP contribution in [0.3, 0.4) is 0 Å². The van der Waals surface area contributed by atoms with E-state index in [2.05, 4.69) is 28.2 Å². The quantitative estimate of drug-likeness (QED) is 0.443. The van der Waals surface area contributed by atoms with Crippen LogP contribution in [0.15, 0.2) is 59.1 Å². The number of carbonyl (C=O) groups excluding carboxylic acids is 2. The molecule has 2 aromatic carbocycles. The van der Waals surface area contributed by atoms with Crippen molar-refractivity contribution in [3.8, 4) is 5.75 Å². The highest BCUT2D eigenvalue weighted by molar-refractivity contribution is 9.10. The van der Waals surface area contributed by atoms with E-state index in [0.29, 0.717) is 32.5 Å². The van der Waals surface area contributed by atoms with E-state index in [-0.39, 0.29) is 11.8 Å². The highest BCUT2D eigenvalue weighted by atomic mass is 79.9. The lowest BCUT2D eigenvalue weighted by molar-refractivity contribution is -0.140. The van der Waals surface area contributed by atoms with E-state index in [0.717, 1.165) is 28.6 Å². The number of carbonyl (C=O) groups is 2. The average molecular weight is 475 g/mol. The molecule has 6 heteroatoms. The predicted octanol–water partition coefficient (Wildman–Crippen LogP) is 4.94. The van der Waals surface area contributed by atoms with Gasteiger partial charge in [-0.15, -0.1) is 0 Å². The summed E-state index contributed by atoms with van der Waals surface area (Å²) in [5.74, 6) is 0.627. The van der Waals surface area contributed by atoms with Crippen LogP contribution in [0.25, 0.3) is 0 Å². The lowest BCUT2D eigenvalue weighted by atomic mass is 10.1. The van der Waals surface area contributed by atoms with E-state index in [1.165, 1.54) is 0 Å². The van der Waals surface area contributed by atoms with Crippen molar-refractivity contribution in [1.82, 2.24) is 10.2 Å². The van der Waals surface area contributed by atoms with Gasteiger partial charge in [-0.1, -0.05) is 59.6 Å². The summed E-state index contributed by atoms with van der Waals surface area (Å²) in [7, 11) is 0. The Kier molecular flexibility index (Phi) is 10.4. The second-order valence-corrected chi connectivity index (χ2v) is 8.15. The van der Waals surface area contributed by atoms with Crippen LogP contribution < -0.4 is 10.1 Å². The molecule has 30 heavy (non-hydrogen) atoms. The number of hydrogen-bond donors (Lipinski definition) is 1. The van der Waals surface area contributed by atoms with Gasteiger partial charge in [0.1, 0.15) is 11.8 Å². The summed E-state index contributed by atoms with van der Waals surface area (Å²) >= 11 is 3.43. The molecule has 0 saturated heterocycles. The van der Waals surface area contributed by atoms with Crippen LogP contribution >= 0.6 is 15.9 Å². The number of nitrogens with zero attached hydrogens (tertiary/aromatic N) is 1. The monoisotopic (exact) mass is 474 g/mol. The number of hydrogen-bond acceptors (Lipinski definition) is 3. The molecule has 0 fully saturated rings. The smallest absolute Gasteiger partial charge is 0.242 e. The summed E-state index contributed by atoms with van der Waals surface area (Å²) < 4.78 is 6.66. The van der Waals surface area contributed by atoms with E-state index in [9.17, 15) is 9.59 Å². The van der Waals surface area contributed by atoms with Gasteiger partial charge in [-0.25, -0.2) is 0 Å². The molecule has 0 unspecified atom stereocenters. The van der Waals surface area contributed by atoms with Gasteiger partial charge in [0.25, 0.3) is 0 Å². The second kappa shape index (κ2) is 13.1. The summed E-state index contributed by atoms with van der Waals surface area (Å²) in [4.78, 5) is 27.2. The average Bonchev–Trinajstić information content (AvgIpc) is 2.76. The van der Waals surface area contributed by atoms with Crippen LogP contribution in [-0.4, -0.2) is 35.9 Å². The Balaban J connectivity index is 1.96. The van der Waals surface area contributed by atoms with Crippen LogP contribution in [-0.2, 0) is 16.1 Å². The third-order valence-corrected chi connectivity index (χ3v) is 5.34. The Morgan fingerprint density at radius 2 is 1.77 bits per heavy atom. The summed E-state index contributed by atoms with van der Waals surface area (Å²) in [6, 6.07) is 16.8. The zero-order chi connectivity index (χ0) is 21.8. The van der Waals surface area contributed by atoms with Crippen LogP contribution in [0.4, 0.5) is 0 Å². The van der Waals surface area contributed by atoms with Crippen LogP contribution in [0, 0.1) is 0 Å². The van der Waals surface area contributed by atoms with E-state index in [4.69, 9.17) is 4.74 Å². The molecule has 2 amide bonds. The van der Waals surface area contributed by atoms with Crippen LogP contribution in [0.5, 0.6) is 5.75 Å². The zero-order valence-corrected chi connectivity index (χ0v) is 19.4.